The van der Waals surface area contributed by atoms with Crippen molar-refractivity contribution in [3.05, 3.63) is 83.5 Å². The van der Waals surface area contributed by atoms with E-state index in [1.54, 1.807) is 43.3 Å². The van der Waals surface area contributed by atoms with E-state index in [-0.39, 0.29) is 23.2 Å². The van der Waals surface area contributed by atoms with E-state index in [9.17, 15) is 17.6 Å². The smallest absolute Gasteiger partial charge is 0.265 e. The van der Waals surface area contributed by atoms with Gasteiger partial charge in [0.1, 0.15) is 11.6 Å². The maximum absolute atomic E-state index is 13.2. The number of rotatable bonds is 7. The molecule has 4 aromatic rings. The molecule has 1 heterocycles. The molecule has 1 amide bonds. The second kappa shape index (κ2) is 9.21. The van der Waals surface area contributed by atoms with Crippen molar-refractivity contribution in [1.29, 1.82) is 0 Å². The summed E-state index contributed by atoms with van der Waals surface area (Å²) < 4.78 is 46.8. The molecule has 0 unspecified atom stereocenters. The first-order valence-electron chi connectivity index (χ1n) is 10.1. The Morgan fingerprint density at radius 2 is 1.73 bits per heavy atom. The minimum atomic E-state index is -3.78. The molecule has 0 bridgehead atoms. The van der Waals surface area contributed by atoms with Crippen LogP contribution in [0.3, 0.4) is 0 Å². The number of nitrogens with one attached hydrogen (secondary N) is 1. The number of halogens is 1. The molecule has 3 aromatic carbocycles. The quantitative estimate of drug-likeness (QED) is 0.375. The molecule has 170 valence electrons. The van der Waals surface area contributed by atoms with Crippen LogP contribution in [-0.4, -0.2) is 28.0 Å². The molecule has 0 atom stereocenters. The monoisotopic (exact) mass is 484 g/mol. The number of hydrogen-bond acceptors (Lipinski definition) is 5. The van der Waals surface area contributed by atoms with Crippen molar-refractivity contribution < 1.29 is 22.3 Å². The summed E-state index contributed by atoms with van der Waals surface area (Å²) in [4.78, 5) is 13.3. The zero-order valence-corrected chi connectivity index (χ0v) is 19.5. The number of thiophene rings is 1. The Bertz CT molecular complexity index is 1400. The van der Waals surface area contributed by atoms with E-state index >= 15 is 0 Å². The van der Waals surface area contributed by atoms with Crippen LogP contribution in [-0.2, 0) is 10.0 Å². The molecule has 9 heteroatoms. The Morgan fingerprint density at radius 3 is 2.36 bits per heavy atom. The Labute approximate surface area is 195 Å². The van der Waals surface area contributed by atoms with Crippen LogP contribution in [0.15, 0.2) is 77.7 Å². The van der Waals surface area contributed by atoms with Gasteiger partial charge >= 0.3 is 0 Å². The molecule has 0 radical (unpaired) electrons. The van der Waals surface area contributed by atoms with Crippen molar-refractivity contribution in [1.82, 2.24) is 0 Å². The molecule has 1 N–H and O–H groups in total. The first-order chi connectivity index (χ1) is 15.8. The average Bonchev–Trinajstić information content (AvgIpc) is 3.25. The summed E-state index contributed by atoms with van der Waals surface area (Å²) in [6.45, 7) is 2.00. The largest absolute Gasteiger partial charge is 0.497 e. The van der Waals surface area contributed by atoms with Gasteiger partial charge in [0, 0.05) is 16.9 Å². The summed E-state index contributed by atoms with van der Waals surface area (Å²) in [7, 11) is -2.26. The van der Waals surface area contributed by atoms with Gasteiger partial charge in [0.25, 0.3) is 15.9 Å². The highest BCUT2D eigenvalue weighted by atomic mass is 32.2. The van der Waals surface area contributed by atoms with Gasteiger partial charge in [-0.2, -0.15) is 0 Å². The van der Waals surface area contributed by atoms with Gasteiger partial charge in [-0.3, -0.25) is 9.10 Å². The number of nitrogens with zero attached hydrogens (tertiary/aromatic N) is 1. The van der Waals surface area contributed by atoms with E-state index < -0.39 is 10.0 Å². The molecule has 0 fully saturated rings. The van der Waals surface area contributed by atoms with Crippen LogP contribution in [0.2, 0.25) is 0 Å². The molecular formula is C24H21FN2O4S2. The van der Waals surface area contributed by atoms with E-state index in [0.717, 1.165) is 10.1 Å². The van der Waals surface area contributed by atoms with Crippen molar-refractivity contribution >= 4 is 48.7 Å². The third-order valence-corrected chi connectivity index (χ3v) is 8.08. The Balaban J connectivity index is 1.62. The molecule has 0 saturated carbocycles. The molecular weight excluding hydrogens is 463 g/mol. The second-order valence-electron chi connectivity index (χ2n) is 7.14. The standard InChI is InChI=1S/C24H21FN2O4S2/c1-3-27(33(29,30)21-11-9-20(31-2)10-12-21)19-8-13-22-16(14-19)15-23(32-22)24(28)26-18-6-4-17(25)5-7-18/h4-15H,3H2,1-2H3,(H,26,28). The molecule has 0 spiro atoms. The average molecular weight is 485 g/mol. The number of amides is 1. The van der Waals surface area contributed by atoms with Crippen molar-refractivity contribution in [2.75, 3.05) is 23.3 Å². The lowest BCUT2D eigenvalue weighted by Crippen LogP contribution is -2.30. The first-order valence-corrected chi connectivity index (χ1v) is 12.3. The van der Waals surface area contributed by atoms with E-state index in [2.05, 4.69) is 5.32 Å². The molecule has 4 rings (SSSR count). The van der Waals surface area contributed by atoms with Gasteiger partial charge in [-0.1, -0.05) is 0 Å². The van der Waals surface area contributed by atoms with Gasteiger partial charge in [0.2, 0.25) is 0 Å². The van der Waals surface area contributed by atoms with E-state index in [1.807, 2.05) is 0 Å². The summed E-state index contributed by atoms with van der Waals surface area (Å²) in [5, 5.41) is 3.49. The van der Waals surface area contributed by atoms with Gasteiger partial charge in [-0.05, 0) is 85.1 Å². The van der Waals surface area contributed by atoms with Gasteiger partial charge in [-0.15, -0.1) is 11.3 Å². The Kier molecular flexibility index (Phi) is 6.35. The number of carbonyl (C=O) groups excluding carboxylic acids is 1. The maximum Gasteiger partial charge on any atom is 0.265 e. The van der Waals surface area contributed by atoms with Crippen LogP contribution in [0, 0.1) is 5.82 Å². The van der Waals surface area contributed by atoms with Gasteiger partial charge in [0.05, 0.1) is 22.6 Å². The lowest BCUT2D eigenvalue weighted by molar-refractivity contribution is 0.103. The van der Waals surface area contributed by atoms with Crippen molar-refractivity contribution in [3.8, 4) is 5.75 Å². The van der Waals surface area contributed by atoms with Gasteiger partial charge in [0.15, 0.2) is 0 Å². The lowest BCUT2D eigenvalue weighted by atomic mass is 10.2. The van der Waals surface area contributed by atoms with Crippen LogP contribution in [0.25, 0.3) is 10.1 Å². The van der Waals surface area contributed by atoms with Crippen LogP contribution in [0.5, 0.6) is 5.75 Å². The molecule has 0 aliphatic rings. The number of sulfonamides is 1. The topological polar surface area (TPSA) is 75.7 Å². The highest BCUT2D eigenvalue weighted by Crippen LogP contribution is 2.32. The lowest BCUT2D eigenvalue weighted by Gasteiger charge is -2.23. The maximum atomic E-state index is 13.2. The van der Waals surface area contributed by atoms with Crippen LogP contribution in [0.1, 0.15) is 16.6 Å². The Hall–Kier alpha value is -3.43. The highest BCUT2D eigenvalue weighted by molar-refractivity contribution is 7.92. The third kappa shape index (κ3) is 4.69. The normalized spacial score (nSPS) is 11.4. The minimum absolute atomic E-state index is 0.162. The SMILES string of the molecule is CCN(c1ccc2sc(C(=O)Nc3ccc(F)cc3)cc2c1)S(=O)(=O)c1ccc(OC)cc1. The van der Waals surface area contributed by atoms with Crippen molar-refractivity contribution in [2.24, 2.45) is 0 Å². The van der Waals surface area contributed by atoms with Crippen LogP contribution in [0.4, 0.5) is 15.8 Å². The fourth-order valence-corrected chi connectivity index (χ4v) is 5.79. The summed E-state index contributed by atoms with van der Waals surface area (Å²) in [5.41, 5.74) is 0.992. The predicted molar refractivity (Wildman–Crippen MR) is 129 cm³/mol. The van der Waals surface area contributed by atoms with Crippen molar-refractivity contribution in [2.45, 2.75) is 11.8 Å². The number of benzene rings is 3. The summed E-state index contributed by atoms with van der Waals surface area (Å²) in [6.07, 6.45) is 0. The molecule has 6 nitrogen and oxygen atoms in total. The molecule has 1 aromatic heterocycles. The van der Waals surface area contributed by atoms with E-state index in [4.69, 9.17) is 4.74 Å². The first kappa shape index (κ1) is 22.8. The summed E-state index contributed by atoms with van der Waals surface area (Å²) in [6, 6.07) is 18.8. The second-order valence-corrected chi connectivity index (χ2v) is 10.1. The number of hydrogen-bond donors (Lipinski definition) is 1. The molecule has 0 aliphatic carbocycles. The molecule has 33 heavy (non-hydrogen) atoms. The summed E-state index contributed by atoms with van der Waals surface area (Å²) >= 11 is 1.30. The zero-order valence-electron chi connectivity index (χ0n) is 17.9. The van der Waals surface area contributed by atoms with Crippen molar-refractivity contribution in [3.63, 3.8) is 0 Å². The number of carbonyl (C=O) groups is 1. The zero-order chi connectivity index (χ0) is 23.6. The number of methoxy groups -OCH3 is 1. The van der Waals surface area contributed by atoms with E-state index in [0.29, 0.717) is 22.0 Å². The van der Waals surface area contributed by atoms with Gasteiger partial charge < -0.3 is 10.1 Å². The number of fused-ring (bicyclic) bond motifs is 1. The Morgan fingerprint density at radius 1 is 1.03 bits per heavy atom. The number of ether oxygens (including phenoxy) is 1. The molecule has 0 saturated heterocycles. The number of anilines is 2. The summed E-state index contributed by atoms with van der Waals surface area (Å²) in [5.74, 6) is -0.127. The van der Waals surface area contributed by atoms with E-state index in [1.165, 1.54) is 59.2 Å². The van der Waals surface area contributed by atoms with Crippen LogP contribution < -0.4 is 14.4 Å². The molecule has 0 aliphatic heterocycles. The van der Waals surface area contributed by atoms with Crippen LogP contribution >= 0.6 is 11.3 Å². The highest BCUT2D eigenvalue weighted by Gasteiger charge is 2.24. The fourth-order valence-electron chi connectivity index (χ4n) is 3.39. The fraction of sp³-hybridized carbons (Fsp3) is 0.125. The van der Waals surface area contributed by atoms with Gasteiger partial charge in [-0.25, -0.2) is 12.8 Å². The third-order valence-electron chi connectivity index (χ3n) is 5.05. The minimum Gasteiger partial charge on any atom is -0.497 e. The predicted octanol–water partition coefficient (Wildman–Crippen LogP) is 5.52.